The highest BCUT2D eigenvalue weighted by Gasteiger charge is 2.34. The van der Waals surface area contributed by atoms with Crippen molar-refractivity contribution in [2.75, 3.05) is 18.0 Å². The first kappa shape index (κ1) is 19.2. The topological polar surface area (TPSA) is 71.2 Å². The summed E-state index contributed by atoms with van der Waals surface area (Å²) in [5.74, 6) is 0.273. The van der Waals surface area contributed by atoms with E-state index in [2.05, 4.69) is 10.3 Å². The SMILES string of the molecule is NC1CCCC(C(=O)NC2CCN(c3ncc(C(F)(F)F)cc3Cl)C2)C1. The maximum absolute atomic E-state index is 12.7. The number of nitrogens with zero attached hydrogens (tertiary/aromatic N) is 2. The van der Waals surface area contributed by atoms with E-state index in [1.807, 2.05) is 0 Å². The molecule has 1 saturated carbocycles. The molecule has 2 aliphatic rings. The number of alkyl halides is 3. The molecule has 0 radical (unpaired) electrons. The lowest BCUT2D eigenvalue weighted by Gasteiger charge is -2.27. The van der Waals surface area contributed by atoms with Crippen LogP contribution in [0.25, 0.3) is 0 Å². The van der Waals surface area contributed by atoms with E-state index in [1.54, 1.807) is 4.90 Å². The first-order valence-electron chi connectivity index (χ1n) is 8.77. The molecule has 2 heterocycles. The third kappa shape index (κ3) is 4.40. The second-order valence-corrected chi connectivity index (χ2v) is 7.50. The molecule has 144 valence electrons. The van der Waals surface area contributed by atoms with Gasteiger partial charge in [-0.3, -0.25) is 4.79 Å². The van der Waals surface area contributed by atoms with Gasteiger partial charge in [-0.05, 0) is 31.7 Å². The van der Waals surface area contributed by atoms with Crippen LogP contribution >= 0.6 is 11.6 Å². The minimum absolute atomic E-state index is 0.0125. The molecular formula is C17H22ClF3N4O. The van der Waals surface area contributed by atoms with Crippen LogP contribution in [0.2, 0.25) is 5.02 Å². The van der Waals surface area contributed by atoms with Crippen LogP contribution in [-0.4, -0.2) is 36.1 Å². The molecule has 0 bridgehead atoms. The fraction of sp³-hybridized carbons (Fsp3) is 0.647. The van der Waals surface area contributed by atoms with Gasteiger partial charge in [0.25, 0.3) is 0 Å². The van der Waals surface area contributed by atoms with Crippen molar-refractivity contribution in [1.29, 1.82) is 0 Å². The highest BCUT2D eigenvalue weighted by molar-refractivity contribution is 6.33. The van der Waals surface area contributed by atoms with Crippen molar-refractivity contribution in [3.05, 3.63) is 22.8 Å². The smallest absolute Gasteiger partial charge is 0.353 e. The van der Waals surface area contributed by atoms with Gasteiger partial charge in [-0.25, -0.2) is 4.98 Å². The maximum Gasteiger partial charge on any atom is 0.417 e. The average molecular weight is 391 g/mol. The molecule has 26 heavy (non-hydrogen) atoms. The Morgan fingerprint density at radius 2 is 2.12 bits per heavy atom. The lowest BCUT2D eigenvalue weighted by Crippen LogP contribution is -2.43. The summed E-state index contributed by atoms with van der Waals surface area (Å²) >= 11 is 6.00. The van der Waals surface area contributed by atoms with Crippen molar-refractivity contribution in [3.63, 3.8) is 0 Å². The molecule has 3 N–H and O–H groups in total. The molecule has 3 unspecified atom stereocenters. The molecule has 1 aromatic heterocycles. The summed E-state index contributed by atoms with van der Waals surface area (Å²) in [6, 6.07) is 0.898. The maximum atomic E-state index is 12.7. The molecule has 1 aliphatic carbocycles. The van der Waals surface area contributed by atoms with Crippen LogP contribution in [0.1, 0.15) is 37.7 Å². The van der Waals surface area contributed by atoms with Crippen LogP contribution in [0.15, 0.2) is 12.3 Å². The number of nitrogens with one attached hydrogen (secondary N) is 1. The molecule has 3 rings (SSSR count). The zero-order chi connectivity index (χ0) is 18.9. The second-order valence-electron chi connectivity index (χ2n) is 7.09. The van der Waals surface area contributed by atoms with Crippen LogP contribution in [0.5, 0.6) is 0 Å². The summed E-state index contributed by atoms with van der Waals surface area (Å²) in [6.07, 6.45) is 0.481. The van der Waals surface area contributed by atoms with Crippen molar-refractivity contribution in [2.45, 2.75) is 50.4 Å². The summed E-state index contributed by atoms with van der Waals surface area (Å²) in [5.41, 5.74) is 5.07. The fourth-order valence-corrected chi connectivity index (χ4v) is 3.96. The van der Waals surface area contributed by atoms with Gasteiger partial charge in [0.05, 0.1) is 10.6 Å². The van der Waals surface area contributed by atoms with Gasteiger partial charge in [-0.1, -0.05) is 18.0 Å². The van der Waals surface area contributed by atoms with Crippen LogP contribution < -0.4 is 16.0 Å². The van der Waals surface area contributed by atoms with Gasteiger partial charge in [0.15, 0.2) is 0 Å². The van der Waals surface area contributed by atoms with Crippen molar-refractivity contribution in [2.24, 2.45) is 11.7 Å². The standard InChI is InChI=1S/C17H22ClF3N4O/c18-14-7-11(17(19,20)21)8-23-15(14)25-5-4-13(9-25)24-16(26)10-2-1-3-12(22)6-10/h7-8,10,12-13H,1-6,9,22H2,(H,24,26). The largest absolute Gasteiger partial charge is 0.417 e. The van der Waals surface area contributed by atoms with Crippen molar-refractivity contribution in [1.82, 2.24) is 10.3 Å². The number of anilines is 1. The van der Waals surface area contributed by atoms with Gasteiger partial charge in [0.1, 0.15) is 5.82 Å². The second kappa shape index (κ2) is 7.60. The summed E-state index contributed by atoms with van der Waals surface area (Å²) in [6.45, 7) is 1.05. The Morgan fingerprint density at radius 1 is 1.35 bits per heavy atom. The number of halogens is 4. The molecule has 5 nitrogen and oxygen atoms in total. The lowest BCUT2D eigenvalue weighted by atomic mass is 9.85. The molecule has 0 aromatic carbocycles. The van der Waals surface area contributed by atoms with E-state index in [0.29, 0.717) is 31.7 Å². The van der Waals surface area contributed by atoms with E-state index < -0.39 is 11.7 Å². The number of nitrogens with two attached hydrogens (primary N) is 1. The van der Waals surface area contributed by atoms with E-state index in [1.165, 1.54) is 0 Å². The molecule has 0 spiro atoms. The zero-order valence-corrected chi connectivity index (χ0v) is 15.0. The molecular weight excluding hydrogens is 369 g/mol. The number of hydrogen-bond acceptors (Lipinski definition) is 4. The van der Waals surface area contributed by atoms with E-state index in [9.17, 15) is 18.0 Å². The van der Waals surface area contributed by atoms with Crippen molar-refractivity contribution < 1.29 is 18.0 Å². The Morgan fingerprint density at radius 3 is 2.77 bits per heavy atom. The number of amides is 1. The van der Waals surface area contributed by atoms with Crippen LogP contribution in [-0.2, 0) is 11.0 Å². The van der Waals surface area contributed by atoms with Gasteiger partial charge in [-0.15, -0.1) is 0 Å². The van der Waals surface area contributed by atoms with E-state index in [4.69, 9.17) is 17.3 Å². The van der Waals surface area contributed by atoms with E-state index in [0.717, 1.165) is 31.5 Å². The van der Waals surface area contributed by atoms with Gasteiger partial charge in [0, 0.05) is 37.3 Å². The Hall–Kier alpha value is -1.54. The van der Waals surface area contributed by atoms with Crippen LogP contribution in [0.4, 0.5) is 19.0 Å². The molecule has 1 amide bonds. The first-order valence-corrected chi connectivity index (χ1v) is 9.15. The average Bonchev–Trinajstić information content (AvgIpc) is 3.02. The van der Waals surface area contributed by atoms with E-state index >= 15 is 0 Å². The Labute approximate surface area is 155 Å². The number of aromatic nitrogens is 1. The number of pyridine rings is 1. The van der Waals surface area contributed by atoms with Gasteiger partial charge >= 0.3 is 6.18 Å². The van der Waals surface area contributed by atoms with Gasteiger partial charge in [0.2, 0.25) is 5.91 Å². The fourth-order valence-electron chi connectivity index (χ4n) is 3.67. The van der Waals surface area contributed by atoms with Crippen LogP contribution in [0, 0.1) is 5.92 Å². The molecule has 2 fully saturated rings. The Bertz CT molecular complexity index is 670. The quantitative estimate of drug-likeness (QED) is 0.832. The number of carbonyl (C=O) groups is 1. The first-order chi connectivity index (χ1) is 12.2. The van der Waals surface area contributed by atoms with Gasteiger partial charge < -0.3 is 16.0 Å². The van der Waals surface area contributed by atoms with Crippen LogP contribution in [0.3, 0.4) is 0 Å². The molecule has 3 atom stereocenters. The number of rotatable bonds is 3. The highest BCUT2D eigenvalue weighted by Crippen LogP contribution is 2.34. The predicted octanol–water partition coefficient (Wildman–Crippen LogP) is 2.97. The highest BCUT2D eigenvalue weighted by atomic mass is 35.5. The number of carbonyl (C=O) groups excluding carboxylic acids is 1. The molecule has 1 saturated heterocycles. The molecule has 1 aliphatic heterocycles. The molecule has 9 heteroatoms. The van der Waals surface area contributed by atoms with Gasteiger partial charge in [-0.2, -0.15) is 13.2 Å². The predicted molar refractivity (Wildman–Crippen MR) is 92.9 cm³/mol. The van der Waals surface area contributed by atoms with Crippen molar-refractivity contribution >= 4 is 23.3 Å². The summed E-state index contributed by atoms with van der Waals surface area (Å²) in [7, 11) is 0. The number of hydrogen-bond donors (Lipinski definition) is 2. The monoisotopic (exact) mass is 390 g/mol. The Kier molecular flexibility index (Phi) is 5.62. The lowest BCUT2D eigenvalue weighted by molar-refractivity contribution is -0.137. The summed E-state index contributed by atoms with van der Waals surface area (Å²) in [4.78, 5) is 18.1. The minimum atomic E-state index is -4.47. The normalized spacial score (nSPS) is 26.8. The third-order valence-corrected chi connectivity index (χ3v) is 5.35. The zero-order valence-electron chi connectivity index (χ0n) is 14.2. The summed E-state index contributed by atoms with van der Waals surface area (Å²) < 4.78 is 38.2. The third-order valence-electron chi connectivity index (χ3n) is 5.07. The van der Waals surface area contributed by atoms with E-state index in [-0.39, 0.29) is 28.9 Å². The Balaban J connectivity index is 1.59. The molecule has 1 aromatic rings. The van der Waals surface area contributed by atoms with Crippen molar-refractivity contribution in [3.8, 4) is 0 Å². The summed E-state index contributed by atoms with van der Waals surface area (Å²) in [5, 5.41) is 3.00. The minimum Gasteiger partial charge on any atom is -0.353 e.